The number of carbonyl (C=O) groups excluding carboxylic acids is 2. The maximum absolute atomic E-state index is 13.2. The molecule has 0 saturated carbocycles. The zero-order chi connectivity index (χ0) is 40.5. The molecule has 6 rings (SSSR count). The Balaban J connectivity index is 0.000000410. The van der Waals surface area contributed by atoms with Crippen molar-refractivity contribution in [1.29, 1.82) is 0 Å². The van der Waals surface area contributed by atoms with Crippen molar-refractivity contribution in [3.8, 4) is 0 Å². The first kappa shape index (κ1) is 41.5. The zero-order valence-corrected chi connectivity index (χ0v) is 29.1. The first-order valence-corrected chi connectivity index (χ1v) is 16.4. The Morgan fingerprint density at radius 3 is 2.15 bits per heavy atom. The number of piperidine rings is 1. The van der Waals surface area contributed by atoms with Crippen molar-refractivity contribution in [1.82, 2.24) is 25.0 Å². The number of nitrogens with zero attached hydrogens (tertiary/aromatic N) is 5. The van der Waals surface area contributed by atoms with Gasteiger partial charge in [-0.3, -0.25) is 14.6 Å². The van der Waals surface area contributed by atoms with Gasteiger partial charge in [0.1, 0.15) is 11.6 Å². The molecule has 3 aromatic heterocycles. The number of carboxylic acid groups (broad SMARTS) is 2. The van der Waals surface area contributed by atoms with Gasteiger partial charge in [-0.2, -0.15) is 31.3 Å². The molecule has 1 aromatic carbocycles. The van der Waals surface area contributed by atoms with E-state index in [0.29, 0.717) is 42.7 Å². The van der Waals surface area contributed by atoms with Crippen molar-refractivity contribution in [3.63, 3.8) is 0 Å². The lowest BCUT2D eigenvalue weighted by atomic mass is 9.93. The van der Waals surface area contributed by atoms with Crippen LogP contribution in [0.3, 0.4) is 0 Å². The number of alkyl halides is 6. The Labute approximate surface area is 308 Å². The highest BCUT2D eigenvalue weighted by Gasteiger charge is 2.39. The lowest BCUT2D eigenvalue weighted by Gasteiger charge is -2.31. The van der Waals surface area contributed by atoms with Gasteiger partial charge < -0.3 is 35.6 Å². The summed E-state index contributed by atoms with van der Waals surface area (Å²) in [7, 11) is 0. The third-order valence-electron chi connectivity index (χ3n) is 8.06. The van der Waals surface area contributed by atoms with E-state index in [2.05, 4.69) is 42.1 Å². The molecule has 21 heteroatoms. The van der Waals surface area contributed by atoms with Gasteiger partial charge in [0.2, 0.25) is 11.9 Å². The van der Waals surface area contributed by atoms with Crippen LogP contribution in [-0.4, -0.2) is 84.4 Å². The Bertz CT molecular complexity index is 1990. The molecule has 4 aromatic rings. The van der Waals surface area contributed by atoms with Gasteiger partial charge in [-0.15, -0.1) is 0 Å². The number of pyridine rings is 1. The van der Waals surface area contributed by atoms with Crippen LogP contribution in [0.5, 0.6) is 0 Å². The van der Waals surface area contributed by atoms with Crippen molar-refractivity contribution in [2.75, 3.05) is 29.0 Å². The van der Waals surface area contributed by atoms with Gasteiger partial charge in [-0.05, 0) is 80.8 Å². The molecule has 5 N–H and O–H groups in total. The lowest BCUT2D eigenvalue weighted by Crippen LogP contribution is -2.39. The molecule has 0 radical (unpaired) electrons. The number of aromatic nitrogens is 4. The molecule has 0 unspecified atom stereocenters. The largest absolute Gasteiger partial charge is 0.490 e. The second-order valence-corrected chi connectivity index (χ2v) is 12.3. The van der Waals surface area contributed by atoms with E-state index in [9.17, 15) is 35.9 Å². The maximum atomic E-state index is 13.2. The summed E-state index contributed by atoms with van der Waals surface area (Å²) in [6.45, 7) is 4.92. The van der Waals surface area contributed by atoms with Crippen LogP contribution in [0.15, 0.2) is 53.4 Å². The van der Waals surface area contributed by atoms with Crippen LogP contribution in [-0.2, 0) is 27.2 Å². The van der Waals surface area contributed by atoms with Gasteiger partial charge in [-0.1, -0.05) is 5.16 Å². The fraction of sp³-hybridized carbons (Fsp3) is 0.353. The summed E-state index contributed by atoms with van der Waals surface area (Å²) >= 11 is 0. The van der Waals surface area contributed by atoms with Crippen molar-refractivity contribution < 1.29 is 60.3 Å². The molecule has 2 aliphatic rings. The van der Waals surface area contributed by atoms with Crippen LogP contribution < -0.4 is 16.0 Å². The molecule has 2 amide bonds. The number of hydrogen-bond acceptors (Lipinski definition) is 11. The van der Waals surface area contributed by atoms with Crippen molar-refractivity contribution in [2.24, 2.45) is 5.92 Å². The molecular formula is C34H34F6N8O7. The molecule has 0 spiro atoms. The van der Waals surface area contributed by atoms with Crippen molar-refractivity contribution >= 4 is 52.6 Å². The number of carboxylic acids is 2. The third-order valence-corrected chi connectivity index (χ3v) is 8.06. The predicted octanol–water partition coefficient (Wildman–Crippen LogP) is 6.21. The average Bonchev–Trinajstić information content (AvgIpc) is 3.55. The van der Waals surface area contributed by atoms with Crippen LogP contribution in [0.2, 0.25) is 0 Å². The Hall–Kier alpha value is -6.28. The first-order chi connectivity index (χ1) is 25.8. The summed E-state index contributed by atoms with van der Waals surface area (Å²) < 4.78 is 68.5. The van der Waals surface area contributed by atoms with E-state index in [0.717, 1.165) is 59.4 Å². The molecule has 294 valence electrons. The number of aryl methyl sites for hydroxylation is 4. The van der Waals surface area contributed by atoms with E-state index >= 15 is 0 Å². The molecule has 15 nitrogen and oxygen atoms in total. The van der Waals surface area contributed by atoms with E-state index in [-0.39, 0.29) is 17.7 Å². The minimum Gasteiger partial charge on any atom is -0.475 e. The normalized spacial score (nSPS) is 14.1. The highest BCUT2D eigenvalue weighted by molar-refractivity contribution is 5.93. The molecule has 1 saturated heterocycles. The van der Waals surface area contributed by atoms with Gasteiger partial charge in [0, 0.05) is 54.9 Å². The van der Waals surface area contributed by atoms with Crippen LogP contribution in [0.25, 0.3) is 0 Å². The van der Waals surface area contributed by atoms with Crippen molar-refractivity contribution in [2.45, 2.75) is 58.3 Å². The Kier molecular flexibility index (Phi) is 13.3. The summed E-state index contributed by atoms with van der Waals surface area (Å²) in [4.78, 5) is 58.8. The molecule has 6 bridgehead atoms. The lowest BCUT2D eigenvalue weighted by molar-refractivity contribution is -0.193. The molecule has 1 fully saturated rings. The maximum Gasteiger partial charge on any atom is 0.490 e. The van der Waals surface area contributed by atoms with Crippen LogP contribution in [0.1, 0.15) is 52.2 Å². The number of aliphatic carboxylic acids is 2. The first-order valence-electron chi connectivity index (χ1n) is 16.4. The zero-order valence-electron chi connectivity index (χ0n) is 29.1. The number of halogens is 6. The third kappa shape index (κ3) is 12.4. The van der Waals surface area contributed by atoms with Gasteiger partial charge in [0.15, 0.2) is 5.69 Å². The van der Waals surface area contributed by atoms with Gasteiger partial charge in [-0.25, -0.2) is 14.6 Å². The average molecular weight is 781 g/mol. The number of amides is 2. The summed E-state index contributed by atoms with van der Waals surface area (Å²) in [6, 6.07) is 9.66. The molecule has 0 atom stereocenters. The predicted molar refractivity (Wildman–Crippen MR) is 182 cm³/mol. The van der Waals surface area contributed by atoms with E-state index in [1.807, 2.05) is 31.3 Å². The smallest absolute Gasteiger partial charge is 0.475 e. The number of fused-ring (bicyclic) bond motifs is 6. The number of rotatable bonds is 4. The number of carbonyl (C=O) groups is 4. The number of nitrogens with one attached hydrogen (secondary N) is 3. The van der Waals surface area contributed by atoms with Gasteiger partial charge in [0.25, 0.3) is 5.91 Å². The number of benzene rings is 1. The molecule has 55 heavy (non-hydrogen) atoms. The quantitative estimate of drug-likeness (QED) is 0.146. The minimum absolute atomic E-state index is 0.0223. The van der Waals surface area contributed by atoms with E-state index < -0.39 is 24.3 Å². The number of anilines is 5. The van der Waals surface area contributed by atoms with Crippen LogP contribution in [0.4, 0.5) is 55.2 Å². The van der Waals surface area contributed by atoms with Crippen LogP contribution >= 0.6 is 0 Å². The highest BCUT2D eigenvalue weighted by atomic mass is 19.4. The second-order valence-electron chi connectivity index (χ2n) is 12.3. The van der Waals surface area contributed by atoms with Gasteiger partial charge in [0.05, 0.1) is 11.9 Å². The van der Waals surface area contributed by atoms with E-state index in [1.165, 1.54) is 0 Å². The number of likely N-dealkylation sites (tertiary alicyclic amines) is 1. The molecule has 0 aliphatic carbocycles. The fourth-order valence-electron chi connectivity index (χ4n) is 5.30. The van der Waals surface area contributed by atoms with Crippen LogP contribution in [0, 0.1) is 19.8 Å². The standard InChI is InChI=1S/C30H32N8O3.2C2HF3O2/c1-18-15-32-30-34-24-12-21(16-31-17-24)3-4-22-14-23(33-28(18)36-30)5-6-25(22)35-27(39)13-20-7-9-38(10-8-20)29(40)26-11-19(2)41-37-26;2*3-2(4,5)1(6)7/h5-6,11-12,14-17,20H,3-4,7-10,13H2,1-2H3,(H,35,39)(H2,32,33,34,36);2*(H,6,7). The van der Waals surface area contributed by atoms with E-state index in [4.69, 9.17) is 24.3 Å². The summed E-state index contributed by atoms with van der Waals surface area (Å²) in [5, 5.41) is 27.9. The molecular weight excluding hydrogens is 746 g/mol. The summed E-state index contributed by atoms with van der Waals surface area (Å²) in [5.41, 5.74) is 5.84. The Morgan fingerprint density at radius 2 is 1.55 bits per heavy atom. The highest BCUT2D eigenvalue weighted by Crippen LogP contribution is 2.29. The SMILES string of the molecule is Cc1cc(C(=O)N2CCC(CC(=O)Nc3ccc4cc3CCc3cncc(c3)Nc3ncc(C)c(n3)N4)CC2)no1.O=C(O)C(F)(F)F.O=C(O)C(F)(F)F. The second kappa shape index (κ2) is 17.7. The van der Waals surface area contributed by atoms with Gasteiger partial charge >= 0.3 is 24.3 Å². The van der Waals surface area contributed by atoms with E-state index in [1.54, 1.807) is 30.3 Å². The molecule has 5 heterocycles. The van der Waals surface area contributed by atoms with Crippen molar-refractivity contribution in [3.05, 3.63) is 77.1 Å². The molecule has 2 aliphatic heterocycles. The summed E-state index contributed by atoms with van der Waals surface area (Å²) in [5.74, 6) is -3.64. The Morgan fingerprint density at radius 1 is 0.891 bits per heavy atom. The summed E-state index contributed by atoms with van der Waals surface area (Å²) in [6.07, 6.45) is -1.36. The topological polar surface area (TPSA) is 213 Å². The fourth-order valence-corrected chi connectivity index (χ4v) is 5.30. The monoisotopic (exact) mass is 780 g/mol. The minimum atomic E-state index is -5.08. The number of hydrogen-bond donors (Lipinski definition) is 5.